The van der Waals surface area contributed by atoms with E-state index in [1.165, 1.54) is 0 Å². The van der Waals surface area contributed by atoms with Gasteiger partial charge in [0.05, 0.1) is 5.92 Å². The lowest BCUT2D eigenvalue weighted by Gasteiger charge is -2.35. The number of hydrogen-bond donors (Lipinski definition) is 0. The highest BCUT2D eigenvalue weighted by molar-refractivity contribution is 6.01. The standard InChI is InChI=1S/C19H24O4/c1-4-7-19(2,3)23-18(22)12-8-11-13-9-5-6-10(16(9)20)14(13)15(12)17(11)21/h5-6,9-15H,4,7-8H2,1-3H3. The normalized spacial score (nSPS) is 43.3. The predicted molar refractivity (Wildman–Crippen MR) is 83.3 cm³/mol. The van der Waals surface area contributed by atoms with Gasteiger partial charge in [-0.3, -0.25) is 14.4 Å². The fourth-order valence-electron chi connectivity index (χ4n) is 5.78. The van der Waals surface area contributed by atoms with E-state index in [1.54, 1.807) is 0 Å². The van der Waals surface area contributed by atoms with Crippen LogP contribution in [-0.4, -0.2) is 23.1 Å². The van der Waals surface area contributed by atoms with E-state index < -0.39 is 5.60 Å². The molecule has 4 rings (SSSR count). The van der Waals surface area contributed by atoms with Crippen molar-refractivity contribution in [2.24, 2.45) is 41.4 Å². The number of allylic oxidation sites excluding steroid dienone is 2. The molecule has 4 bridgehead atoms. The Balaban J connectivity index is 1.56. The summed E-state index contributed by atoms with van der Waals surface area (Å²) in [4.78, 5) is 37.6. The summed E-state index contributed by atoms with van der Waals surface area (Å²) in [7, 11) is 0. The largest absolute Gasteiger partial charge is 0.459 e. The maximum absolute atomic E-state index is 12.7. The molecule has 0 saturated heterocycles. The van der Waals surface area contributed by atoms with Crippen molar-refractivity contribution in [3.8, 4) is 0 Å². The van der Waals surface area contributed by atoms with Crippen LogP contribution in [0.2, 0.25) is 0 Å². The Labute approximate surface area is 136 Å². The first-order chi connectivity index (χ1) is 10.9. The number of ketones is 2. The highest BCUT2D eigenvalue weighted by Gasteiger charge is 2.69. The lowest BCUT2D eigenvalue weighted by Crippen LogP contribution is -2.39. The second-order valence-corrected chi connectivity index (χ2v) is 8.30. The summed E-state index contributed by atoms with van der Waals surface area (Å²) >= 11 is 0. The molecule has 23 heavy (non-hydrogen) atoms. The molecule has 0 N–H and O–H groups in total. The maximum Gasteiger partial charge on any atom is 0.310 e. The summed E-state index contributed by atoms with van der Waals surface area (Å²) in [5, 5.41) is 0. The van der Waals surface area contributed by atoms with E-state index in [4.69, 9.17) is 4.74 Å². The van der Waals surface area contributed by atoms with Gasteiger partial charge in [0.15, 0.2) is 0 Å². The van der Waals surface area contributed by atoms with Crippen molar-refractivity contribution in [2.75, 3.05) is 0 Å². The van der Waals surface area contributed by atoms with Crippen LogP contribution in [0.3, 0.4) is 0 Å². The third kappa shape index (κ3) is 1.93. The summed E-state index contributed by atoms with van der Waals surface area (Å²) in [5.74, 6) is -0.504. The molecule has 7 atom stereocenters. The third-order valence-electron chi connectivity index (χ3n) is 6.50. The van der Waals surface area contributed by atoms with E-state index in [2.05, 4.69) is 6.92 Å². The number of carbonyl (C=O) groups is 3. The van der Waals surface area contributed by atoms with Gasteiger partial charge in [0.2, 0.25) is 0 Å². The minimum absolute atomic E-state index is 0.0515. The van der Waals surface area contributed by atoms with Gasteiger partial charge in [-0.2, -0.15) is 0 Å². The van der Waals surface area contributed by atoms with Crippen LogP contribution < -0.4 is 0 Å². The molecule has 0 aromatic heterocycles. The average Bonchev–Trinajstić information content (AvgIpc) is 3.16. The predicted octanol–water partition coefficient (Wildman–Crippen LogP) is 2.56. The number of fused-ring (bicyclic) bond motifs is 9. The Morgan fingerprint density at radius 2 is 1.83 bits per heavy atom. The van der Waals surface area contributed by atoms with Crippen molar-refractivity contribution in [3.05, 3.63) is 12.2 Å². The van der Waals surface area contributed by atoms with Crippen LogP contribution in [0.15, 0.2) is 12.2 Å². The first-order valence-electron chi connectivity index (χ1n) is 8.84. The van der Waals surface area contributed by atoms with E-state index in [-0.39, 0.29) is 59.0 Å². The van der Waals surface area contributed by atoms with Crippen LogP contribution in [0.25, 0.3) is 0 Å². The van der Waals surface area contributed by atoms with Crippen molar-refractivity contribution < 1.29 is 19.1 Å². The van der Waals surface area contributed by atoms with Crippen LogP contribution in [0.1, 0.15) is 40.0 Å². The fraction of sp³-hybridized carbons (Fsp3) is 0.737. The van der Waals surface area contributed by atoms with Crippen LogP contribution >= 0.6 is 0 Å². The number of esters is 1. The third-order valence-corrected chi connectivity index (χ3v) is 6.50. The zero-order chi connectivity index (χ0) is 16.5. The topological polar surface area (TPSA) is 60.4 Å². The van der Waals surface area contributed by atoms with Gasteiger partial charge in [0.1, 0.15) is 17.2 Å². The molecule has 4 heteroatoms. The lowest BCUT2D eigenvalue weighted by molar-refractivity contribution is -0.166. The molecular formula is C19H24O4. The Morgan fingerprint density at radius 1 is 1.17 bits per heavy atom. The molecular weight excluding hydrogens is 292 g/mol. The van der Waals surface area contributed by atoms with Gasteiger partial charge in [-0.05, 0) is 38.5 Å². The van der Waals surface area contributed by atoms with Crippen molar-refractivity contribution in [1.29, 1.82) is 0 Å². The number of rotatable bonds is 4. The number of ether oxygens (including phenoxy) is 1. The minimum Gasteiger partial charge on any atom is -0.459 e. The highest BCUT2D eigenvalue weighted by atomic mass is 16.6. The molecule has 0 aromatic rings. The van der Waals surface area contributed by atoms with Crippen LogP contribution in [0, 0.1) is 41.4 Å². The molecule has 3 fully saturated rings. The molecule has 0 aliphatic heterocycles. The molecule has 7 unspecified atom stereocenters. The summed E-state index contributed by atoms with van der Waals surface area (Å²) in [6, 6.07) is 0. The van der Waals surface area contributed by atoms with Crippen LogP contribution in [0.4, 0.5) is 0 Å². The van der Waals surface area contributed by atoms with E-state index in [0.29, 0.717) is 6.42 Å². The SMILES string of the molecule is CCCC(C)(C)OC(=O)C1CC2C(=O)C1C1C3C=CC(C3=O)C21. The molecule has 124 valence electrons. The van der Waals surface area contributed by atoms with Gasteiger partial charge in [0, 0.05) is 23.7 Å². The van der Waals surface area contributed by atoms with Crippen molar-refractivity contribution in [1.82, 2.24) is 0 Å². The van der Waals surface area contributed by atoms with Crippen molar-refractivity contribution in [3.63, 3.8) is 0 Å². The minimum atomic E-state index is -0.486. The van der Waals surface area contributed by atoms with Gasteiger partial charge in [0.25, 0.3) is 0 Å². The second-order valence-electron chi connectivity index (χ2n) is 8.30. The average molecular weight is 316 g/mol. The van der Waals surface area contributed by atoms with Gasteiger partial charge >= 0.3 is 5.97 Å². The van der Waals surface area contributed by atoms with Crippen LogP contribution in [-0.2, 0) is 19.1 Å². The van der Waals surface area contributed by atoms with Gasteiger partial charge in [-0.1, -0.05) is 25.5 Å². The van der Waals surface area contributed by atoms with Gasteiger partial charge in [-0.25, -0.2) is 0 Å². The first-order valence-corrected chi connectivity index (χ1v) is 8.84. The smallest absolute Gasteiger partial charge is 0.310 e. The van der Waals surface area contributed by atoms with E-state index >= 15 is 0 Å². The first kappa shape index (κ1) is 15.1. The Hall–Kier alpha value is -1.45. The Bertz CT molecular complexity index is 617. The molecule has 0 radical (unpaired) electrons. The number of hydrogen-bond acceptors (Lipinski definition) is 4. The van der Waals surface area contributed by atoms with Crippen LogP contribution in [0.5, 0.6) is 0 Å². The summed E-state index contributed by atoms with van der Waals surface area (Å²) in [6.45, 7) is 5.92. The lowest BCUT2D eigenvalue weighted by atomic mass is 9.69. The fourth-order valence-corrected chi connectivity index (χ4v) is 5.78. The molecule has 0 spiro atoms. The van der Waals surface area contributed by atoms with E-state index in [9.17, 15) is 14.4 Å². The number of Topliss-reactive ketones (excluding diaryl/α,β-unsaturated/α-hetero) is 2. The Morgan fingerprint density at radius 3 is 2.48 bits per heavy atom. The molecule has 4 aliphatic carbocycles. The second kappa shape index (κ2) is 4.78. The zero-order valence-electron chi connectivity index (χ0n) is 14.0. The molecule has 0 aromatic carbocycles. The summed E-state index contributed by atoms with van der Waals surface area (Å²) < 4.78 is 5.72. The molecule has 3 saturated carbocycles. The summed E-state index contributed by atoms with van der Waals surface area (Å²) in [6.07, 6.45) is 6.29. The van der Waals surface area contributed by atoms with Gasteiger partial charge < -0.3 is 4.74 Å². The molecule has 0 heterocycles. The molecule has 4 aliphatic rings. The molecule has 0 amide bonds. The Kier molecular flexibility index (Phi) is 3.14. The zero-order valence-corrected chi connectivity index (χ0v) is 14.0. The quantitative estimate of drug-likeness (QED) is 0.454. The highest BCUT2D eigenvalue weighted by Crippen LogP contribution is 2.64. The summed E-state index contributed by atoms with van der Waals surface area (Å²) in [5.41, 5.74) is -0.486. The number of carbonyl (C=O) groups excluding carboxylic acids is 3. The molecule has 4 nitrogen and oxygen atoms in total. The van der Waals surface area contributed by atoms with Crippen molar-refractivity contribution >= 4 is 17.5 Å². The van der Waals surface area contributed by atoms with E-state index in [1.807, 2.05) is 26.0 Å². The maximum atomic E-state index is 12.7. The van der Waals surface area contributed by atoms with Gasteiger partial charge in [-0.15, -0.1) is 0 Å². The monoisotopic (exact) mass is 316 g/mol. The van der Waals surface area contributed by atoms with Crippen molar-refractivity contribution in [2.45, 2.75) is 45.6 Å². The van der Waals surface area contributed by atoms with E-state index in [0.717, 1.165) is 12.8 Å².